The van der Waals surface area contributed by atoms with E-state index >= 15 is 0 Å². The van der Waals surface area contributed by atoms with E-state index in [0.29, 0.717) is 25.5 Å². The van der Waals surface area contributed by atoms with Crippen LogP contribution >= 0.6 is 0 Å². The van der Waals surface area contributed by atoms with Gasteiger partial charge in [0.05, 0.1) is 13.2 Å². The second-order valence-electron chi connectivity index (χ2n) is 6.44. The Morgan fingerprint density at radius 1 is 1.48 bits per heavy atom. The average molecular weight is 351 g/mol. The third-order valence-electron chi connectivity index (χ3n) is 4.63. The van der Waals surface area contributed by atoms with Crippen LogP contribution in [-0.2, 0) is 22.5 Å². The van der Waals surface area contributed by atoms with Crippen LogP contribution in [-0.4, -0.2) is 58.1 Å². The van der Waals surface area contributed by atoms with Crippen molar-refractivity contribution < 1.29 is 18.6 Å². The summed E-state index contributed by atoms with van der Waals surface area (Å²) in [5.41, 5.74) is 1.63. The Kier molecular flexibility index (Phi) is 6.09. The minimum Gasteiger partial charge on any atom is -0.467 e. The highest BCUT2D eigenvalue weighted by molar-refractivity contribution is 5.80. The first kappa shape index (κ1) is 17.9. The summed E-state index contributed by atoms with van der Waals surface area (Å²) in [6.07, 6.45) is 1.77. The van der Waals surface area contributed by atoms with Crippen molar-refractivity contribution in [3.63, 3.8) is 0 Å². The number of hydrogen-bond donors (Lipinski definition) is 1. The molecule has 2 aliphatic rings. The van der Waals surface area contributed by atoms with Crippen LogP contribution in [0.4, 0.5) is 4.39 Å². The average Bonchev–Trinajstić information content (AvgIpc) is 3.07. The summed E-state index contributed by atoms with van der Waals surface area (Å²) < 4.78 is 29.8. The molecule has 0 saturated carbocycles. The second kappa shape index (κ2) is 8.49. The number of benzene rings is 1. The van der Waals surface area contributed by atoms with E-state index in [1.54, 1.807) is 20.2 Å². The predicted molar refractivity (Wildman–Crippen MR) is 93.3 cm³/mol. The molecule has 0 aliphatic carbocycles. The molecule has 2 heterocycles. The van der Waals surface area contributed by atoms with Crippen LogP contribution in [0, 0.1) is 11.7 Å². The van der Waals surface area contributed by atoms with Crippen molar-refractivity contribution in [3.05, 3.63) is 29.1 Å². The molecule has 1 aromatic rings. The zero-order chi connectivity index (χ0) is 17.6. The molecular formula is C18H26FN3O3. The van der Waals surface area contributed by atoms with Gasteiger partial charge in [-0.05, 0) is 30.5 Å². The Hall–Kier alpha value is -1.86. The Bertz CT molecular complexity index is 624. The van der Waals surface area contributed by atoms with Crippen molar-refractivity contribution in [1.82, 2.24) is 10.2 Å². The van der Waals surface area contributed by atoms with Crippen LogP contribution < -0.4 is 10.1 Å². The van der Waals surface area contributed by atoms with Crippen molar-refractivity contribution >= 4 is 5.96 Å². The number of aliphatic imine (C=N–C) groups is 1. The fraction of sp³-hybridized carbons (Fsp3) is 0.611. The van der Waals surface area contributed by atoms with Crippen molar-refractivity contribution in [2.75, 3.05) is 47.2 Å². The van der Waals surface area contributed by atoms with Crippen LogP contribution in [0.15, 0.2) is 17.1 Å². The van der Waals surface area contributed by atoms with E-state index in [1.165, 1.54) is 6.07 Å². The Balaban J connectivity index is 1.56. The summed E-state index contributed by atoms with van der Waals surface area (Å²) in [6, 6.07) is 3.02. The highest BCUT2D eigenvalue weighted by atomic mass is 19.1. The molecule has 1 unspecified atom stereocenters. The van der Waals surface area contributed by atoms with E-state index in [0.717, 1.165) is 49.0 Å². The van der Waals surface area contributed by atoms with Gasteiger partial charge in [-0.1, -0.05) is 0 Å². The molecule has 1 N–H and O–H groups in total. The molecule has 0 spiro atoms. The number of likely N-dealkylation sites (tertiary alicyclic amines) is 1. The number of ether oxygens (including phenoxy) is 3. The zero-order valence-corrected chi connectivity index (χ0v) is 14.9. The van der Waals surface area contributed by atoms with Crippen LogP contribution in [0.1, 0.15) is 17.5 Å². The lowest BCUT2D eigenvalue weighted by Crippen LogP contribution is -2.41. The van der Waals surface area contributed by atoms with E-state index in [-0.39, 0.29) is 12.6 Å². The SMILES string of the molecule is CN=C(NCCc1cc(F)cc2c1OCOC2)N1CCC(COC)C1. The Labute approximate surface area is 148 Å². The minimum atomic E-state index is -0.255. The quantitative estimate of drug-likeness (QED) is 0.647. The number of guanidine groups is 1. The van der Waals surface area contributed by atoms with E-state index in [2.05, 4.69) is 15.2 Å². The lowest BCUT2D eigenvalue weighted by molar-refractivity contribution is -0.0172. The summed E-state index contributed by atoms with van der Waals surface area (Å²) >= 11 is 0. The highest BCUT2D eigenvalue weighted by Gasteiger charge is 2.24. The summed E-state index contributed by atoms with van der Waals surface area (Å²) in [5.74, 6) is 1.93. The smallest absolute Gasteiger partial charge is 0.193 e. The topological polar surface area (TPSA) is 55.3 Å². The highest BCUT2D eigenvalue weighted by Crippen LogP contribution is 2.29. The fourth-order valence-electron chi connectivity index (χ4n) is 3.48. The van der Waals surface area contributed by atoms with Crippen LogP contribution in [0.2, 0.25) is 0 Å². The summed E-state index contributed by atoms with van der Waals surface area (Å²) in [4.78, 5) is 6.61. The number of nitrogens with one attached hydrogen (secondary N) is 1. The van der Waals surface area contributed by atoms with Gasteiger partial charge < -0.3 is 24.4 Å². The normalized spacial score (nSPS) is 20.4. The van der Waals surface area contributed by atoms with Gasteiger partial charge in [-0.3, -0.25) is 4.99 Å². The maximum absolute atomic E-state index is 13.8. The molecule has 0 radical (unpaired) electrons. The number of nitrogens with zero attached hydrogens (tertiary/aromatic N) is 2. The number of rotatable bonds is 5. The molecule has 138 valence electrons. The standard InChI is InChI=1S/C18H26FN3O3/c1-20-18(22-6-4-13(9-22)10-23-2)21-5-3-14-7-16(19)8-15-11-24-12-25-17(14)15/h7-8,13H,3-6,9-12H2,1-2H3,(H,20,21). The largest absolute Gasteiger partial charge is 0.467 e. The van der Waals surface area contributed by atoms with Gasteiger partial charge in [-0.2, -0.15) is 0 Å². The van der Waals surface area contributed by atoms with Crippen molar-refractivity contribution in [2.45, 2.75) is 19.4 Å². The molecule has 25 heavy (non-hydrogen) atoms. The molecule has 2 aliphatic heterocycles. The maximum Gasteiger partial charge on any atom is 0.193 e. The summed E-state index contributed by atoms with van der Waals surface area (Å²) in [7, 11) is 3.53. The molecule has 0 bridgehead atoms. The monoisotopic (exact) mass is 351 g/mol. The van der Waals surface area contributed by atoms with Gasteiger partial charge in [0.1, 0.15) is 11.6 Å². The van der Waals surface area contributed by atoms with E-state index in [4.69, 9.17) is 14.2 Å². The third kappa shape index (κ3) is 4.41. The van der Waals surface area contributed by atoms with E-state index in [9.17, 15) is 4.39 Å². The molecule has 0 amide bonds. The van der Waals surface area contributed by atoms with Crippen molar-refractivity contribution in [3.8, 4) is 5.75 Å². The molecule has 1 saturated heterocycles. The first-order valence-corrected chi connectivity index (χ1v) is 8.67. The molecule has 0 aromatic heterocycles. The predicted octanol–water partition coefficient (Wildman–Crippen LogP) is 1.78. The first-order valence-electron chi connectivity index (χ1n) is 8.67. The van der Waals surface area contributed by atoms with Gasteiger partial charge in [-0.25, -0.2) is 4.39 Å². The summed E-state index contributed by atoms with van der Waals surface area (Å²) in [5, 5.41) is 3.37. The minimum absolute atomic E-state index is 0.218. The maximum atomic E-state index is 13.8. The zero-order valence-electron chi connectivity index (χ0n) is 14.9. The number of hydrogen-bond acceptors (Lipinski definition) is 4. The molecule has 6 nitrogen and oxygen atoms in total. The van der Waals surface area contributed by atoms with Gasteiger partial charge in [-0.15, -0.1) is 0 Å². The van der Waals surface area contributed by atoms with Gasteiger partial charge in [0.2, 0.25) is 0 Å². The number of halogens is 1. The van der Waals surface area contributed by atoms with Crippen molar-refractivity contribution in [1.29, 1.82) is 0 Å². The molecular weight excluding hydrogens is 325 g/mol. The van der Waals surface area contributed by atoms with Crippen LogP contribution in [0.25, 0.3) is 0 Å². The lowest BCUT2D eigenvalue weighted by Gasteiger charge is -2.23. The Morgan fingerprint density at radius 3 is 3.16 bits per heavy atom. The Morgan fingerprint density at radius 2 is 2.36 bits per heavy atom. The van der Waals surface area contributed by atoms with Crippen LogP contribution in [0.3, 0.4) is 0 Å². The number of fused-ring (bicyclic) bond motifs is 1. The van der Waals surface area contributed by atoms with Crippen LogP contribution in [0.5, 0.6) is 5.75 Å². The second-order valence-corrected chi connectivity index (χ2v) is 6.44. The molecule has 1 fully saturated rings. The van der Waals surface area contributed by atoms with Gasteiger partial charge in [0, 0.05) is 45.3 Å². The summed E-state index contributed by atoms with van der Waals surface area (Å²) in [6.45, 7) is 3.98. The van der Waals surface area contributed by atoms with E-state index < -0.39 is 0 Å². The van der Waals surface area contributed by atoms with Gasteiger partial charge in [0.25, 0.3) is 0 Å². The molecule has 1 atom stereocenters. The van der Waals surface area contributed by atoms with Gasteiger partial charge >= 0.3 is 0 Å². The van der Waals surface area contributed by atoms with E-state index in [1.807, 2.05) is 0 Å². The first-order chi connectivity index (χ1) is 12.2. The fourth-order valence-corrected chi connectivity index (χ4v) is 3.48. The van der Waals surface area contributed by atoms with Gasteiger partial charge in [0.15, 0.2) is 12.8 Å². The molecule has 3 rings (SSSR count). The lowest BCUT2D eigenvalue weighted by atomic mass is 10.1. The number of methoxy groups -OCH3 is 1. The third-order valence-corrected chi connectivity index (χ3v) is 4.63. The molecule has 1 aromatic carbocycles. The molecule has 7 heteroatoms. The van der Waals surface area contributed by atoms with Crippen molar-refractivity contribution in [2.24, 2.45) is 10.9 Å².